The maximum absolute atomic E-state index is 4.17. The Morgan fingerprint density at radius 1 is 1.36 bits per heavy atom. The summed E-state index contributed by atoms with van der Waals surface area (Å²) in [5.41, 5.74) is 2.43. The first-order chi connectivity index (χ1) is 5.07. The third-order valence-electron chi connectivity index (χ3n) is 1.45. The quantitative estimate of drug-likeness (QED) is 0.482. The number of thiol groups is 1. The van der Waals surface area contributed by atoms with E-state index in [9.17, 15) is 0 Å². The third-order valence-corrected chi connectivity index (χ3v) is 1.60. The summed E-state index contributed by atoms with van der Waals surface area (Å²) >= 11 is 4.17. The maximum Gasteiger partial charge on any atom is -0.0215 e. The van der Waals surface area contributed by atoms with Crippen molar-refractivity contribution in [2.75, 3.05) is 0 Å². The normalized spacial score (nSPS) is 13.5. The Bertz CT molecular complexity index is 193. The van der Waals surface area contributed by atoms with Crippen molar-refractivity contribution in [3.05, 3.63) is 34.8 Å². The Balaban J connectivity index is 4.37. The van der Waals surface area contributed by atoms with Gasteiger partial charge in [-0.05, 0) is 30.7 Å². The van der Waals surface area contributed by atoms with Crippen LogP contribution in [0.5, 0.6) is 0 Å². The topological polar surface area (TPSA) is 0 Å². The molecule has 0 unspecified atom stereocenters. The van der Waals surface area contributed by atoms with E-state index >= 15 is 0 Å². The summed E-state index contributed by atoms with van der Waals surface area (Å²) in [6.07, 6.45) is 5.11. The minimum absolute atomic E-state index is 1.03. The number of allylic oxidation sites excluding steroid dienone is 5. The first kappa shape index (κ1) is 10.6. The number of rotatable bonds is 3. The summed E-state index contributed by atoms with van der Waals surface area (Å²) in [5.74, 6) is 0. The lowest BCUT2D eigenvalue weighted by Gasteiger charge is -2.00. The molecule has 0 spiro atoms. The van der Waals surface area contributed by atoms with Crippen molar-refractivity contribution in [3.63, 3.8) is 0 Å². The molecule has 0 aromatic carbocycles. The van der Waals surface area contributed by atoms with Gasteiger partial charge in [0.2, 0.25) is 0 Å². The van der Waals surface area contributed by atoms with E-state index in [4.69, 9.17) is 0 Å². The molecule has 0 aromatic rings. The molecule has 62 valence electrons. The van der Waals surface area contributed by atoms with Gasteiger partial charge in [0.05, 0.1) is 0 Å². The molecule has 0 heterocycles. The minimum Gasteiger partial charge on any atom is -0.148 e. The highest BCUT2D eigenvalue weighted by molar-refractivity contribution is 7.84. The molecule has 0 aliphatic carbocycles. The van der Waals surface area contributed by atoms with Crippen molar-refractivity contribution in [1.82, 2.24) is 0 Å². The molecule has 0 amide bonds. The van der Waals surface area contributed by atoms with E-state index in [-0.39, 0.29) is 0 Å². The second kappa shape index (κ2) is 5.25. The second-order valence-corrected chi connectivity index (χ2v) is 3.34. The van der Waals surface area contributed by atoms with Crippen LogP contribution in [-0.4, -0.2) is 0 Å². The van der Waals surface area contributed by atoms with Gasteiger partial charge in [-0.3, -0.25) is 0 Å². The Morgan fingerprint density at radius 2 is 1.91 bits per heavy atom. The summed E-state index contributed by atoms with van der Waals surface area (Å²) in [5, 5.41) is 0. The fourth-order valence-corrected chi connectivity index (χ4v) is 0.858. The van der Waals surface area contributed by atoms with Crippen LogP contribution in [-0.2, 0) is 0 Å². The lowest BCUT2D eigenvalue weighted by molar-refractivity contribution is 1.11. The van der Waals surface area contributed by atoms with E-state index in [0.717, 1.165) is 16.9 Å². The predicted molar refractivity (Wildman–Crippen MR) is 55.9 cm³/mol. The number of hydrogen-bond acceptors (Lipinski definition) is 1. The summed E-state index contributed by atoms with van der Waals surface area (Å²) < 4.78 is 0. The van der Waals surface area contributed by atoms with E-state index in [1.165, 1.54) is 5.57 Å². The van der Waals surface area contributed by atoms with Gasteiger partial charge in [-0.25, -0.2) is 0 Å². The van der Waals surface area contributed by atoms with Crippen molar-refractivity contribution in [1.29, 1.82) is 0 Å². The molecule has 0 aromatic heterocycles. The van der Waals surface area contributed by atoms with Crippen LogP contribution in [0.1, 0.15) is 27.2 Å². The fourth-order valence-electron chi connectivity index (χ4n) is 0.783. The molecule has 0 N–H and O–H groups in total. The Morgan fingerprint density at radius 3 is 2.18 bits per heavy atom. The van der Waals surface area contributed by atoms with Gasteiger partial charge in [-0.1, -0.05) is 31.2 Å². The van der Waals surface area contributed by atoms with Crippen LogP contribution in [0.25, 0.3) is 0 Å². The highest BCUT2D eigenvalue weighted by atomic mass is 32.1. The van der Waals surface area contributed by atoms with Gasteiger partial charge >= 0.3 is 0 Å². The van der Waals surface area contributed by atoms with Gasteiger partial charge in [0.15, 0.2) is 0 Å². The fraction of sp³-hybridized carbons (Fsp3) is 0.400. The molecule has 0 saturated heterocycles. The predicted octanol–water partition coefficient (Wildman–Crippen LogP) is 3.73. The van der Waals surface area contributed by atoms with Crippen LogP contribution < -0.4 is 0 Å². The zero-order valence-electron chi connectivity index (χ0n) is 7.52. The van der Waals surface area contributed by atoms with Gasteiger partial charge in [0.1, 0.15) is 0 Å². The average Bonchev–Trinajstić information content (AvgIpc) is 1.87. The summed E-state index contributed by atoms with van der Waals surface area (Å²) in [7, 11) is 0. The Kier molecular flexibility index (Phi) is 5.05. The van der Waals surface area contributed by atoms with E-state index in [1.807, 2.05) is 19.9 Å². The van der Waals surface area contributed by atoms with E-state index in [1.54, 1.807) is 0 Å². The minimum atomic E-state index is 1.03. The van der Waals surface area contributed by atoms with Gasteiger partial charge in [0.25, 0.3) is 0 Å². The van der Waals surface area contributed by atoms with E-state index in [0.29, 0.717) is 0 Å². The van der Waals surface area contributed by atoms with E-state index < -0.39 is 0 Å². The SMILES string of the molecule is C=C(C)/C(=C\C=C(/C)S)CC. The molecule has 0 aliphatic heterocycles. The largest absolute Gasteiger partial charge is 0.148 e. The summed E-state index contributed by atoms with van der Waals surface area (Å²) in [6, 6.07) is 0. The third kappa shape index (κ3) is 4.91. The maximum atomic E-state index is 4.17. The molecular formula is C10H16S. The molecule has 0 aliphatic rings. The monoisotopic (exact) mass is 168 g/mol. The smallest absolute Gasteiger partial charge is 0.0215 e. The molecule has 0 bridgehead atoms. The summed E-state index contributed by atoms with van der Waals surface area (Å²) in [4.78, 5) is 1.03. The molecule has 0 atom stereocenters. The first-order valence-corrected chi connectivity index (χ1v) is 4.25. The zero-order chi connectivity index (χ0) is 8.85. The standard InChI is InChI=1S/C10H16S/c1-5-10(8(2)3)7-6-9(4)11/h6-7,11H,2,5H2,1,3-4H3/b9-6+,10-7-. The highest BCUT2D eigenvalue weighted by Crippen LogP contribution is 2.11. The van der Waals surface area contributed by atoms with Crippen LogP contribution in [0.4, 0.5) is 0 Å². The molecule has 0 rings (SSSR count). The van der Waals surface area contributed by atoms with Gasteiger partial charge in [-0.2, -0.15) is 0 Å². The van der Waals surface area contributed by atoms with Crippen LogP contribution in [0.3, 0.4) is 0 Å². The number of hydrogen-bond donors (Lipinski definition) is 1. The van der Waals surface area contributed by atoms with Crippen molar-refractivity contribution in [2.45, 2.75) is 27.2 Å². The lowest BCUT2D eigenvalue weighted by atomic mass is 10.1. The van der Waals surface area contributed by atoms with Crippen LogP contribution >= 0.6 is 12.6 Å². The molecular weight excluding hydrogens is 152 g/mol. The lowest BCUT2D eigenvalue weighted by Crippen LogP contribution is -1.79. The van der Waals surface area contributed by atoms with Gasteiger partial charge in [-0.15, -0.1) is 12.6 Å². The molecule has 0 nitrogen and oxygen atoms in total. The molecule has 11 heavy (non-hydrogen) atoms. The first-order valence-electron chi connectivity index (χ1n) is 3.80. The molecule has 1 heteroatoms. The highest BCUT2D eigenvalue weighted by Gasteiger charge is 1.91. The molecule has 0 radical (unpaired) electrons. The summed E-state index contributed by atoms with van der Waals surface area (Å²) in [6.45, 7) is 10.00. The van der Waals surface area contributed by atoms with Crippen LogP contribution in [0.15, 0.2) is 34.8 Å². The van der Waals surface area contributed by atoms with Crippen molar-refractivity contribution in [2.24, 2.45) is 0 Å². The Hall–Kier alpha value is -0.430. The van der Waals surface area contributed by atoms with E-state index in [2.05, 4.69) is 32.2 Å². The van der Waals surface area contributed by atoms with Gasteiger partial charge < -0.3 is 0 Å². The average molecular weight is 168 g/mol. The Labute approximate surface area is 75.1 Å². The van der Waals surface area contributed by atoms with Crippen molar-refractivity contribution >= 4 is 12.6 Å². The van der Waals surface area contributed by atoms with Gasteiger partial charge in [0, 0.05) is 0 Å². The molecule has 0 saturated carbocycles. The van der Waals surface area contributed by atoms with Crippen LogP contribution in [0.2, 0.25) is 0 Å². The molecule has 0 fully saturated rings. The van der Waals surface area contributed by atoms with Crippen molar-refractivity contribution < 1.29 is 0 Å². The van der Waals surface area contributed by atoms with Crippen LogP contribution in [0, 0.1) is 0 Å². The second-order valence-electron chi connectivity index (χ2n) is 2.63. The zero-order valence-corrected chi connectivity index (χ0v) is 8.41. The van der Waals surface area contributed by atoms with Crippen molar-refractivity contribution in [3.8, 4) is 0 Å².